The largest absolute Gasteiger partial charge is 0.439 e. The maximum Gasteiger partial charge on any atom is 0.224 e. The van der Waals surface area contributed by atoms with Crippen LogP contribution in [0.3, 0.4) is 0 Å². The third-order valence-electron chi connectivity index (χ3n) is 4.57. The van der Waals surface area contributed by atoms with Crippen LogP contribution in [0.1, 0.15) is 26.3 Å². The van der Waals surface area contributed by atoms with Crippen molar-refractivity contribution in [2.45, 2.75) is 26.2 Å². The molecule has 0 fully saturated rings. The highest BCUT2D eigenvalue weighted by Gasteiger charge is 2.14. The molecule has 0 saturated heterocycles. The quantitative estimate of drug-likeness (QED) is 0.525. The Morgan fingerprint density at radius 2 is 1.68 bits per heavy atom. The van der Waals surface area contributed by atoms with Gasteiger partial charge in [0.2, 0.25) is 11.8 Å². The number of nitrogen functional groups attached to an aromatic ring is 1. The van der Waals surface area contributed by atoms with Crippen LogP contribution in [0.25, 0.3) is 22.2 Å². The average Bonchev–Trinajstić information content (AvgIpc) is 2.67. The van der Waals surface area contributed by atoms with Crippen molar-refractivity contribution in [1.29, 1.82) is 0 Å². The standard InChI is InChI=1S/C23H22N4O/c1-23(2,3)17-9-6-16(7-10-17)20-14-21(27-22(24)26-20)28-18-11-8-15-5-4-12-25-19(15)13-18/h4-14H,1-3H3,(H2,24,26,27). The first kappa shape index (κ1) is 17.9. The Kier molecular flexibility index (Phi) is 4.43. The number of hydrogen-bond acceptors (Lipinski definition) is 5. The normalized spacial score (nSPS) is 11.5. The average molecular weight is 370 g/mol. The number of hydrogen-bond donors (Lipinski definition) is 1. The summed E-state index contributed by atoms with van der Waals surface area (Å²) in [5.41, 5.74) is 9.84. The summed E-state index contributed by atoms with van der Waals surface area (Å²) in [7, 11) is 0. The van der Waals surface area contributed by atoms with E-state index < -0.39 is 0 Å². The molecule has 2 aromatic carbocycles. The molecule has 2 heterocycles. The van der Waals surface area contributed by atoms with Gasteiger partial charge >= 0.3 is 0 Å². The summed E-state index contributed by atoms with van der Waals surface area (Å²) < 4.78 is 5.94. The van der Waals surface area contributed by atoms with Crippen LogP contribution < -0.4 is 10.5 Å². The van der Waals surface area contributed by atoms with Crippen LogP contribution in [0.2, 0.25) is 0 Å². The highest BCUT2D eigenvalue weighted by atomic mass is 16.5. The molecule has 2 N–H and O–H groups in total. The molecular weight excluding hydrogens is 348 g/mol. The van der Waals surface area contributed by atoms with Gasteiger partial charge in [-0.3, -0.25) is 4.98 Å². The Morgan fingerprint density at radius 1 is 0.893 bits per heavy atom. The minimum absolute atomic E-state index is 0.0988. The fourth-order valence-electron chi connectivity index (χ4n) is 3.01. The van der Waals surface area contributed by atoms with Crippen LogP contribution in [0.15, 0.2) is 66.9 Å². The third-order valence-corrected chi connectivity index (χ3v) is 4.57. The number of pyridine rings is 1. The van der Waals surface area contributed by atoms with Gasteiger partial charge in [0.15, 0.2) is 0 Å². The third kappa shape index (κ3) is 3.78. The van der Waals surface area contributed by atoms with E-state index in [0.717, 1.165) is 22.2 Å². The number of anilines is 1. The van der Waals surface area contributed by atoms with E-state index in [0.29, 0.717) is 11.6 Å². The maximum atomic E-state index is 5.94. The van der Waals surface area contributed by atoms with Gasteiger partial charge in [-0.2, -0.15) is 4.98 Å². The number of benzene rings is 2. The van der Waals surface area contributed by atoms with Crippen molar-refractivity contribution in [2.24, 2.45) is 0 Å². The van der Waals surface area contributed by atoms with Crippen molar-refractivity contribution in [1.82, 2.24) is 15.0 Å². The SMILES string of the molecule is CC(C)(C)c1ccc(-c2cc(Oc3ccc4cccnc4c3)nc(N)n2)cc1. The first-order chi connectivity index (χ1) is 13.4. The van der Waals surface area contributed by atoms with Crippen LogP contribution in [0.5, 0.6) is 11.6 Å². The second kappa shape index (κ2) is 6.93. The summed E-state index contributed by atoms with van der Waals surface area (Å²) in [5, 5.41) is 1.05. The smallest absolute Gasteiger partial charge is 0.224 e. The minimum Gasteiger partial charge on any atom is -0.439 e. The van der Waals surface area contributed by atoms with E-state index in [1.54, 1.807) is 12.3 Å². The van der Waals surface area contributed by atoms with E-state index in [-0.39, 0.29) is 11.4 Å². The van der Waals surface area contributed by atoms with E-state index in [1.165, 1.54) is 5.56 Å². The molecule has 5 nitrogen and oxygen atoms in total. The van der Waals surface area contributed by atoms with Crippen molar-refractivity contribution in [2.75, 3.05) is 5.73 Å². The summed E-state index contributed by atoms with van der Waals surface area (Å²) in [5.74, 6) is 1.22. The van der Waals surface area contributed by atoms with Gasteiger partial charge in [-0.25, -0.2) is 4.98 Å². The van der Waals surface area contributed by atoms with E-state index in [2.05, 4.69) is 47.9 Å². The number of ether oxygens (including phenoxy) is 1. The Balaban J connectivity index is 1.64. The molecule has 0 amide bonds. The van der Waals surface area contributed by atoms with Gasteiger partial charge < -0.3 is 10.5 Å². The molecule has 0 radical (unpaired) electrons. The summed E-state index contributed by atoms with van der Waals surface area (Å²) in [4.78, 5) is 12.9. The first-order valence-electron chi connectivity index (χ1n) is 9.17. The highest BCUT2D eigenvalue weighted by molar-refractivity contribution is 5.79. The minimum atomic E-state index is 0.0988. The molecule has 28 heavy (non-hydrogen) atoms. The van der Waals surface area contributed by atoms with E-state index in [9.17, 15) is 0 Å². The first-order valence-corrected chi connectivity index (χ1v) is 9.17. The Morgan fingerprint density at radius 3 is 2.43 bits per heavy atom. The van der Waals surface area contributed by atoms with Gasteiger partial charge in [0, 0.05) is 29.3 Å². The molecular formula is C23H22N4O. The highest BCUT2D eigenvalue weighted by Crippen LogP contribution is 2.29. The van der Waals surface area contributed by atoms with Crippen molar-refractivity contribution < 1.29 is 4.74 Å². The zero-order valence-electron chi connectivity index (χ0n) is 16.2. The molecule has 140 valence electrons. The second-order valence-corrected chi connectivity index (χ2v) is 7.74. The fourth-order valence-corrected chi connectivity index (χ4v) is 3.01. The van der Waals surface area contributed by atoms with Gasteiger partial charge in [-0.15, -0.1) is 0 Å². The van der Waals surface area contributed by atoms with E-state index in [4.69, 9.17) is 10.5 Å². The lowest BCUT2D eigenvalue weighted by Crippen LogP contribution is -2.10. The molecule has 0 saturated carbocycles. The molecule has 0 unspecified atom stereocenters. The molecule has 4 aromatic rings. The van der Waals surface area contributed by atoms with Gasteiger partial charge in [0.05, 0.1) is 11.2 Å². The molecule has 0 spiro atoms. The molecule has 5 heteroatoms. The van der Waals surface area contributed by atoms with Crippen LogP contribution in [0.4, 0.5) is 5.95 Å². The molecule has 0 aliphatic rings. The van der Waals surface area contributed by atoms with Crippen molar-refractivity contribution in [3.8, 4) is 22.9 Å². The van der Waals surface area contributed by atoms with Crippen LogP contribution in [-0.4, -0.2) is 15.0 Å². The maximum absolute atomic E-state index is 5.94. The van der Waals surface area contributed by atoms with Crippen LogP contribution in [0, 0.1) is 0 Å². The Bertz CT molecular complexity index is 1130. The number of aromatic nitrogens is 3. The summed E-state index contributed by atoms with van der Waals surface area (Å²) in [6.45, 7) is 6.57. The van der Waals surface area contributed by atoms with Crippen molar-refractivity contribution >= 4 is 16.9 Å². The van der Waals surface area contributed by atoms with E-state index in [1.807, 2.05) is 42.5 Å². The van der Waals surface area contributed by atoms with Gasteiger partial charge in [0.25, 0.3) is 0 Å². The Hall–Kier alpha value is -3.47. The molecule has 0 atom stereocenters. The van der Waals surface area contributed by atoms with Gasteiger partial charge in [-0.05, 0) is 29.2 Å². The Labute approximate surface area is 164 Å². The van der Waals surface area contributed by atoms with Crippen molar-refractivity contribution in [3.63, 3.8) is 0 Å². The van der Waals surface area contributed by atoms with Crippen LogP contribution in [-0.2, 0) is 5.41 Å². The lowest BCUT2D eigenvalue weighted by Gasteiger charge is -2.19. The lowest BCUT2D eigenvalue weighted by molar-refractivity contribution is 0.463. The number of nitrogens with zero attached hydrogens (tertiary/aromatic N) is 3. The topological polar surface area (TPSA) is 73.9 Å². The van der Waals surface area contributed by atoms with Gasteiger partial charge in [-0.1, -0.05) is 51.1 Å². The zero-order valence-corrected chi connectivity index (χ0v) is 16.2. The predicted octanol–water partition coefficient (Wildman–Crippen LogP) is 5.36. The fraction of sp³-hybridized carbons (Fsp3) is 0.174. The molecule has 4 rings (SSSR count). The molecule has 2 aromatic heterocycles. The van der Waals surface area contributed by atoms with Gasteiger partial charge in [0.1, 0.15) is 5.75 Å². The summed E-state index contributed by atoms with van der Waals surface area (Å²) in [6, 6.07) is 19.8. The number of nitrogens with two attached hydrogens (primary N) is 1. The zero-order chi connectivity index (χ0) is 19.7. The van der Waals surface area contributed by atoms with Crippen molar-refractivity contribution in [3.05, 3.63) is 72.4 Å². The summed E-state index contributed by atoms with van der Waals surface area (Å²) in [6.07, 6.45) is 1.76. The molecule has 0 aliphatic carbocycles. The lowest BCUT2D eigenvalue weighted by atomic mass is 9.86. The van der Waals surface area contributed by atoms with E-state index >= 15 is 0 Å². The molecule has 0 bridgehead atoms. The predicted molar refractivity (Wildman–Crippen MR) is 112 cm³/mol. The summed E-state index contributed by atoms with van der Waals surface area (Å²) >= 11 is 0. The van der Waals surface area contributed by atoms with Crippen LogP contribution >= 0.6 is 0 Å². The number of rotatable bonds is 3. The number of fused-ring (bicyclic) bond motifs is 1. The monoisotopic (exact) mass is 370 g/mol. The molecule has 0 aliphatic heterocycles. The second-order valence-electron chi connectivity index (χ2n) is 7.74.